The molecule has 4 nitrogen and oxygen atoms in total. The number of ketones is 1. The molecule has 6 aromatic carbocycles. The number of aromatic nitrogens is 2. The molecule has 0 aliphatic heterocycles. The number of aromatic amines is 2. The summed E-state index contributed by atoms with van der Waals surface area (Å²) >= 11 is 3.23. The van der Waals surface area contributed by atoms with Crippen molar-refractivity contribution in [3.8, 4) is 22.5 Å². The number of rotatable bonds is 4. The van der Waals surface area contributed by atoms with Crippen LogP contribution in [-0.2, 0) is 0 Å². The van der Waals surface area contributed by atoms with Gasteiger partial charge in [0.25, 0.3) is 0 Å². The predicted octanol–water partition coefficient (Wildman–Crippen LogP) is 13.1. The summed E-state index contributed by atoms with van der Waals surface area (Å²) in [6.07, 6.45) is 0. The first kappa shape index (κ1) is 55.8. The molecule has 1 unspecified atom stereocenters. The highest BCUT2D eigenvalue weighted by atomic mass is 79.9. The number of H-pyrrole nitrogens is 2. The normalized spacial score (nSPS) is 9.87. The van der Waals surface area contributed by atoms with Crippen LogP contribution < -0.4 is 18.1 Å². The third-order valence-corrected chi connectivity index (χ3v) is 9.51. The zero-order valence-electron chi connectivity index (χ0n) is 37.9. The Morgan fingerprint density at radius 3 is 1.16 bits per heavy atom. The molecule has 0 spiro atoms. The minimum atomic E-state index is -0.0927. The first-order chi connectivity index (χ1) is 28.5. The van der Waals surface area contributed by atoms with Gasteiger partial charge in [-0.1, -0.05) is 197 Å². The third-order valence-electron chi connectivity index (χ3n) is 9.09. The number of hydrogen-bond acceptors (Lipinski definition) is 1. The maximum atomic E-state index is 11.3. The monoisotopic (exact) mass is 903 g/mol. The Balaban J connectivity index is 0.000000771. The number of benzene rings is 6. The van der Waals surface area contributed by atoms with Gasteiger partial charge >= 0.3 is 0 Å². The molecule has 326 valence electrons. The number of Topliss-reactive ketones (excluding diaryl/α,β-unsaturated/α-hetero) is 1. The van der Waals surface area contributed by atoms with E-state index in [0.29, 0.717) is 0 Å². The number of aryl methyl sites for hydroxylation is 5. The molecule has 0 bridgehead atoms. The van der Waals surface area contributed by atoms with Crippen LogP contribution >= 0.6 is 15.9 Å². The van der Waals surface area contributed by atoms with Crippen LogP contribution in [0.25, 0.3) is 44.3 Å². The quantitative estimate of drug-likeness (QED) is 0.119. The summed E-state index contributed by atoms with van der Waals surface area (Å²) in [5.41, 5.74) is 19.5. The second-order valence-corrected chi connectivity index (χ2v) is 14.8. The van der Waals surface area contributed by atoms with Crippen LogP contribution in [0.2, 0.25) is 0 Å². The van der Waals surface area contributed by atoms with Crippen LogP contribution in [0, 0.1) is 34.6 Å². The van der Waals surface area contributed by atoms with E-state index in [9.17, 15) is 4.79 Å². The van der Waals surface area contributed by atoms with Crippen LogP contribution in [-0.4, -0.2) is 20.6 Å². The van der Waals surface area contributed by atoms with Crippen molar-refractivity contribution in [1.82, 2.24) is 9.97 Å². The number of halogens is 2. The Kier molecular flexibility index (Phi) is 27.4. The van der Waals surface area contributed by atoms with Crippen molar-refractivity contribution in [2.24, 2.45) is 0 Å². The van der Waals surface area contributed by atoms with Crippen molar-refractivity contribution in [1.29, 1.82) is 0 Å². The first-order valence-electron chi connectivity index (χ1n) is 20.9. The third kappa shape index (κ3) is 17.0. The van der Waals surface area contributed by atoms with Crippen molar-refractivity contribution in [2.45, 2.75) is 95.3 Å². The van der Waals surface area contributed by atoms with E-state index in [4.69, 9.17) is 0 Å². The molecule has 8 rings (SSSR count). The Morgan fingerprint density at radius 1 is 0.508 bits per heavy atom. The van der Waals surface area contributed by atoms with Gasteiger partial charge in [-0.25, -0.2) is 0 Å². The summed E-state index contributed by atoms with van der Waals surface area (Å²) in [7, 11) is 0. The molecule has 2 aromatic heterocycles. The minimum absolute atomic E-state index is 0. The van der Waals surface area contributed by atoms with E-state index in [1.54, 1.807) is 0 Å². The number of fused-ring (bicyclic) bond motifs is 2. The average molecular weight is 906 g/mol. The van der Waals surface area contributed by atoms with Gasteiger partial charge in [0.2, 0.25) is 0 Å². The van der Waals surface area contributed by atoms with Crippen molar-refractivity contribution in [2.75, 3.05) is 0 Å². The lowest BCUT2D eigenvalue weighted by atomic mass is 10.1. The highest BCUT2D eigenvalue weighted by Gasteiger charge is 2.11. The van der Waals surface area contributed by atoms with Crippen molar-refractivity contribution < 1.29 is 22.9 Å². The fourth-order valence-electron chi connectivity index (χ4n) is 6.09. The van der Waals surface area contributed by atoms with Gasteiger partial charge in [-0.15, -0.1) is 0 Å². The SMILES string of the molecule is C.CC.CC.CC.CC(Br)C(=O)c1ccccc1.Cc1ccc([NH3+])cc1.Cc1ccc2[nH]c(-c3ccccc3)c(C)c2c1.Cc1ccc2[nH]c(-c3ccccc3)c(C)c2c1.[Cl-]. The Hall–Kier alpha value is -5.20. The van der Waals surface area contributed by atoms with E-state index in [2.05, 4.69) is 163 Å². The number of carbonyl (C=O) groups excluding carboxylic acids is 1. The molecule has 2 heterocycles. The maximum absolute atomic E-state index is 11.3. The number of nitrogens with one attached hydrogen (secondary N) is 2. The Bertz CT molecular complexity index is 2240. The first-order valence-corrected chi connectivity index (χ1v) is 21.8. The molecule has 0 saturated heterocycles. The van der Waals surface area contributed by atoms with Gasteiger partial charge in [0.15, 0.2) is 5.78 Å². The molecule has 0 saturated carbocycles. The Morgan fingerprint density at radius 2 is 0.836 bits per heavy atom. The largest absolute Gasteiger partial charge is 1.00 e. The van der Waals surface area contributed by atoms with Gasteiger partial charge in [-0.2, -0.15) is 0 Å². The Labute approximate surface area is 383 Å². The summed E-state index contributed by atoms with van der Waals surface area (Å²) < 4.78 is 0. The van der Waals surface area contributed by atoms with E-state index in [0.717, 1.165) is 11.3 Å². The molecular formula is C55H71BrClN3O. The second-order valence-electron chi connectivity index (χ2n) is 13.4. The van der Waals surface area contributed by atoms with Crippen molar-refractivity contribution >= 4 is 49.2 Å². The van der Waals surface area contributed by atoms with Gasteiger partial charge in [-0.3, -0.25) is 4.79 Å². The summed E-state index contributed by atoms with van der Waals surface area (Å²) in [5, 5.41) is 2.65. The maximum Gasteiger partial charge on any atom is 0.176 e. The lowest BCUT2D eigenvalue weighted by Crippen LogP contribution is -3.00. The number of alkyl halides is 1. The lowest BCUT2D eigenvalue weighted by molar-refractivity contribution is -0.254. The highest BCUT2D eigenvalue weighted by molar-refractivity contribution is 9.10. The minimum Gasteiger partial charge on any atom is -1.00 e. The average Bonchev–Trinajstić information content (AvgIpc) is 3.80. The molecule has 0 aliphatic rings. The van der Waals surface area contributed by atoms with E-state index < -0.39 is 0 Å². The fraction of sp³-hybridized carbons (Fsp3) is 0.255. The van der Waals surface area contributed by atoms with Gasteiger partial charge in [0, 0.05) is 38.8 Å². The van der Waals surface area contributed by atoms with Crippen LogP contribution in [0.5, 0.6) is 0 Å². The van der Waals surface area contributed by atoms with Gasteiger partial charge in [0.1, 0.15) is 5.69 Å². The standard InChI is InChI=1S/2C16H15N.C9H9BrO.C7H9N.3C2H6.CH4.ClH/c2*1-11-8-9-15-14(10-11)12(2)16(17-15)13-6-4-3-5-7-13;1-7(10)9(11)8-5-3-2-4-6-8;1-6-2-4-7(8)5-3-6;3*1-2;;/h2*3-10,17H,1-2H3;2-7H,1H3;2-5H,8H2,1H3;3*1-2H3;1H4;1H. The van der Waals surface area contributed by atoms with E-state index in [1.165, 1.54) is 72.1 Å². The molecule has 61 heavy (non-hydrogen) atoms. The van der Waals surface area contributed by atoms with Gasteiger partial charge in [0.05, 0.1) is 4.83 Å². The molecule has 1 atom stereocenters. The summed E-state index contributed by atoms with van der Waals surface area (Å²) in [6.45, 7) is 24.5. The molecule has 6 heteroatoms. The van der Waals surface area contributed by atoms with Gasteiger partial charge in [-0.05, 0) is 100 Å². The lowest BCUT2D eigenvalue weighted by Gasteiger charge is -2.00. The molecule has 5 N–H and O–H groups in total. The zero-order valence-corrected chi connectivity index (χ0v) is 40.2. The molecule has 0 amide bonds. The van der Waals surface area contributed by atoms with E-state index in [-0.39, 0.29) is 30.4 Å². The predicted molar refractivity (Wildman–Crippen MR) is 270 cm³/mol. The summed E-state index contributed by atoms with van der Waals surface area (Å²) in [4.78, 5) is 18.2. The topological polar surface area (TPSA) is 76.3 Å². The molecular weight excluding hydrogens is 834 g/mol. The van der Waals surface area contributed by atoms with E-state index >= 15 is 0 Å². The summed E-state index contributed by atoms with van der Waals surface area (Å²) in [6, 6.07) is 51.5. The van der Waals surface area contributed by atoms with Crippen LogP contribution in [0.4, 0.5) is 5.69 Å². The van der Waals surface area contributed by atoms with Crippen molar-refractivity contribution in [3.63, 3.8) is 0 Å². The number of carbonyl (C=O) groups is 1. The second kappa shape index (κ2) is 29.9. The number of quaternary nitrogens is 1. The molecule has 8 aromatic rings. The van der Waals surface area contributed by atoms with Crippen LogP contribution in [0.15, 0.2) is 152 Å². The van der Waals surface area contributed by atoms with Crippen molar-refractivity contribution in [3.05, 3.63) is 185 Å². The number of hydrogen-bond donors (Lipinski definition) is 3. The molecule has 0 radical (unpaired) electrons. The van der Waals surface area contributed by atoms with Crippen LogP contribution in [0.3, 0.4) is 0 Å². The van der Waals surface area contributed by atoms with Gasteiger partial charge < -0.3 is 28.1 Å². The smallest absolute Gasteiger partial charge is 0.176 e. The fourth-order valence-corrected chi connectivity index (χ4v) is 6.35. The molecule has 0 fully saturated rings. The highest BCUT2D eigenvalue weighted by Crippen LogP contribution is 2.31. The summed E-state index contributed by atoms with van der Waals surface area (Å²) in [5.74, 6) is 0.130. The van der Waals surface area contributed by atoms with E-state index in [1.807, 2.05) is 103 Å². The van der Waals surface area contributed by atoms with Crippen LogP contribution in [0.1, 0.15) is 94.1 Å². The zero-order chi connectivity index (χ0) is 43.9. The molecule has 0 aliphatic carbocycles.